The fraction of sp³-hybridized carbons (Fsp3) is 0.545. The molecule has 0 aliphatic rings. The Balaban J connectivity index is 1.70. The van der Waals surface area contributed by atoms with Gasteiger partial charge in [-0.3, -0.25) is 4.40 Å². The van der Waals surface area contributed by atoms with Gasteiger partial charge in [-0.2, -0.15) is 0 Å². The van der Waals surface area contributed by atoms with Crippen molar-refractivity contribution in [3.8, 4) is 5.75 Å². The summed E-state index contributed by atoms with van der Waals surface area (Å²) in [5.41, 5.74) is 2.46. The van der Waals surface area contributed by atoms with Crippen LogP contribution in [0.15, 0.2) is 18.2 Å². The number of anilines is 1. The molecular weight excluding hydrogens is 410 g/mol. The summed E-state index contributed by atoms with van der Waals surface area (Å²) in [4.78, 5) is 6.56. The minimum atomic E-state index is 0.404. The van der Waals surface area contributed by atoms with Gasteiger partial charge in [0.2, 0.25) is 5.65 Å². The van der Waals surface area contributed by atoms with Crippen LogP contribution in [0.25, 0.3) is 16.7 Å². The lowest BCUT2D eigenvalue weighted by Crippen LogP contribution is -2.24. The number of nitrogens with one attached hydrogen (secondary N) is 2. The third-order valence-corrected chi connectivity index (χ3v) is 5.45. The lowest BCUT2D eigenvalue weighted by Gasteiger charge is -2.15. The highest BCUT2D eigenvalue weighted by Crippen LogP contribution is 2.25. The van der Waals surface area contributed by atoms with Crippen LogP contribution in [0.1, 0.15) is 38.9 Å². The summed E-state index contributed by atoms with van der Waals surface area (Å²) in [6.45, 7) is 9.38. The van der Waals surface area contributed by atoms with E-state index in [1.165, 1.54) is 6.42 Å². The number of thiocarbonyl (C=S) groups is 1. The highest BCUT2D eigenvalue weighted by atomic mass is 32.1. The van der Waals surface area contributed by atoms with E-state index in [0.717, 1.165) is 66.7 Å². The first-order valence-electron chi connectivity index (χ1n) is 10.9. The molecule has 2 heterocycles. The number of nitrogens with zero attached hydrogens (tertiary/aromatic N) is 5. The molecule has 8 nitrogen and oxygen atoms in total. The number of rotatable bonds is 10. The van der Waals surface area contributed by atoms with E-state index in [9.17, 15) is 0 Å². The summed E-state index contributed by atoms with van der Waals surface area (Å²) in [6, 6.07) is 5.75. The van der Waals surface area contributed by atoms with Gasteiger partial charge in [-0.05, 0) is 69.5 Å². The van der Waals surface area contributed by atoms with E-state index in [1.54, 1.807) is 4.90 Å². The molecule has 168 valence electrons. The number of hydrogen-bond donors (Lipinski definition) is 2. The van der Waals surface area contributed by atoms with E-state index >= 15 is 0 Å². The average molecular weight is 444 g/mol. The summed E-state index contributed by atoms with van der Waals surface area (Å²) >= 11 is 5.25. The van der Waals surface area contributed by atoms with Gasteiger partial charge in [-0.25, -0.2) is 4.98 Å². The fourth-order valence-electron chi connectivity index (χ4n) is 3.23. The van der Waals surface area contributed by atoms with Gasteiger partial charge in [0.05, 0.1) is 11.0 Å². The van der Waals surface area contributed by atoms with Crippen molar-refractivity contribution in [2.45, 2.75) is 40.0 Å². The molecule has 0 aliphatic carbocycles. The minimum absolute atomic E-state index is 0.404. The zero-order valence-corrected chi connectivity index (χ0v) is 19.9. The summed E-state index contributed by atoms with van der Waals surface area (Å²) in [6.07, 6.45) is 3.38. The quantitative estimate of drug-likeness (QED) is 0.363. The van der Waals surface area contributed by atoms with Crippen molar-refractivity contribution in [3.63, 3.8) is 0 Å². The fourth-order valence-corrected chi connectivity index (χ4v) is 3.32. The Labute approximate surface area is 189 Å². The number of fused-ring (bicyclic) bond motifs is 3. The first-order chi connectivity index (χ1) is 14.9. The first kappa shape index (κ1) is 23.1. The van der Waals surface area contributed by atoms with E-state index < -0.39 is 0 Å². The van der Waals surface area contributed by atoms with Crippen LogP contribution in [0.2, 0.25) is 0 Å². The topological polar surface area (TPSA) is 79.6 Å². The first-order valence-corrected chi connectivity index (χ1v) is 11.3. The van der Waals surface area contributed by atoms with Crippen molar-refractivity contribution in [2.75, 3.05) is 39.0 Å². The van der Waals surface area contributed by atoms with Gasteiger partial charge >= 0.3 is 0 Å². The lowest BCUT2D eigenvalue weighted by molar-refractivity contribution is 0.450. The van der Waals surface area contributed by atoms with Crippen molar-refractivity contribution in [2.24, 2.45) is 5.92 Å². The highest BCUT2D eigenvalue weighted by Gasteiger charge is 2.14. The molecule has 3 rings (SSSR count). The van der Waals surface area contributed by atoms with Crippen LogP contribution in [0.5, 0.6) is 5.75 Å². The monoisotopic (exact) mass is 443 g/mol. The number of hydrogen-bond acceptors (Lipinski definition) is 7. The van der Waals surface area contributed by atoms with Crippen molar-refractivity contribution in [3.05, 3.63) is 24.0 Å². The minimum Gasteiger partial charge on any atom is -0.432 e. The van der Waals surface area contributed by atoms with Gasteiger partial charge in [0.15, 0.2) is 5.82 Å². The molecule has 31 heavy (non-hydrogen) atoms. The maximum atomic E-state index is 5.76. The Morgan fingerprint density at radius 2 is 1.94 bits per heavy atom. The van der Waals surface area contributed by atoms with Gasteiger partial charge in [0.25, 0.3) is 5.17 Å². The number of ether oxygens (including phenoxy) is 1. The maximum Gasteiger partial charge on any atom is 0.264 e. The van der Waals surface area contributed by atoms with E-state index in [-0.39, 0.29) is 0 Å². The van der Waals surface area contributed by atoms with E-state index in [2.05, 4.69) is 34.7 Å². The second-order valence-electron chi connectivity index (χ2n) is 8.35. The van der Waals surface area contributed by atoms with Crippen LogP contribution < -0.4 is 15.4 Å². The summed E-state index contributed by atoms with van der Waals surface area (Å²) in [7, 11) is 3.71. The Morgan fingerprint density at radius 3 is 2.68 bits per heavy atom. The Morgan fingerprint density at radius 1 is 1.16 bits per heavy atom. The molecule has 0 bridgehead atoms. The molecule has 3 aromatic rings. The van der Waals surface area contributed by atoms with Crippen LogP contribution in [-0.4, -0.2) is 63.4 Å². The predicted octanol–water partition coefficient (Wildman–Crippen LogP) is 3.64. The van der Waals surface area contributed by atoms with E-state index in [4.69, 9.17) is 21.9 Å². The standard InChI is InChI=1S/C22H33N7OS/c1-15(2)10-13-23-11-6-7-12-24-20-21-27-26-16(3)29(21)19-9-8-17(14-18(19)25-20)30-22(31)28(4)5/h8-9,14-15,23H,6-7,10-13H2,1-5H3,(H,24,25). The van der Waals surface area contributed by atoms with Crippen LogP contribution in [-0.2, 0) is 0 Å². The molecule has 2 N–H and O–H groups in total. The smallest absolute Gasteiger partial charge is 0.264 e. The largest absolute Gasteiger partial charge is 0.432 e. The zero-order valence-electron chi connectivity index (χ0n) is 19.1. The molecule has 0 atom stereocenters. The molecule has 0 saturated heterocycles. The molecular formula is C22H33N7OS. The molecule has 0 saturated carbocycles. The van der Waals surface area contributed by atoms with Crippen molar-refractivity contribution >= 4 is 39.9 Å². The summed E-state index contributed by atoms with van der Waals surface area (Å²) in [5, 5.41) is 15.9. The van der Waals surface area contributed by atoms with Crippen LogP contribution >= 0.6 is 12.2 Å². The van der Waals surface area contributed by atoms with Gasteiger partial charge in [-0.15, -0.1) is 10.2 Å². The molecule has 0 radical (unpaired) electrons. The summed E-state index contributed by atoms with van der Waals surface area (Å²) < 4.78 is 7.78. The SMILES string of the molecule is Cc1nnc2c(NCCCCNCCC(C)C)nc3cc(OC(=S)N(C)C)ccc3n12. The predicted molar refractivity (Wildman–Crippen MR) is 130 cm³/mol. The number of aromatic nitrogens is 4. The molecule has 0 fully saturated rings. The Kier molecular flexibility index (Phi) is 7.97. The van der Waals surface area contributed by atoms with E-state index in [1.807, 2.05) is 43.6 Å². The molecule has 0 spiro atoms. The second-order valence-corrected chi connectivity index (χ2v) is 8.70. The third-order valence-electron chi connectivity index (χ3n) is 5.00. The number of unbranched alkanes of at least 4 members (excludes halogenated alkanes) is 1. The van der Waals surface area contributed by atoms with Crippen LogP contribution in [0.4, 0.5) is 5.82 Å². The van der Waals surface area contributed by atoms with Gasteiger partial charge < -0.3 is 20.3 Å². The van der Waals surface area contributed by atoms with Gasteiger partial charge in [-0.1, -0.05) is 13.8 Å². The molecule has 1 aromatic carbocycles. The van der Waals surface area contributed by atoms with Crippen molar-refractivity contribution in [1.29, 1.82) is 0 Å². The third kappa shape index (κ3) is 6.01. The average Bonchev–Trinajstić information content (AvgIpc) is 3.11. The van der Waals surface area contributed by atoms with Crippen LogP contribution in [0.3, 0.4) is 0 Å². The van der Waals surface area contributed by atoms with Crippen molar-refractivity contribution < 1.29 is 4.74 Å². The van der Waals surface area contributed by atoms with Crippen LogP contribution in [0, 0.1) is 12.8 Å². The molecule has 0 amide bonds. The zero-order chi connectivity index (χ0) is 22.4. The summed E-state index contributed by atoms with van der Waals surface area (Å²) in [5.74, 6) is 2.94. The molecule has 2 aromatic heterocycles. The number of benzene rings is 1. The molecule has 0 aliphatic heterocycles. The Hall–Kier alpha value is -2.52. The van der Waals surface area contributed by atoms with Crippen molar-refractivity contribution in [1.82, 2.24) is 29.8 Å². The normalized spacial score (nSPS) is 11.4. The molecule has 9 heteroatoms. The lowest BCUT2D eigenvalue weighted by atomic mass is 10.1. The van der Waals surface area contributed by atoms with E-state index in [0.29, 0.717) is 10.9 Å². The second kappa shape index (κ2) is 10.7. The Bertz CT molecular complexity index is 1030. The number of aryl methyl sites for hydroxylation is 1. The highest BCUT2D eigenvalue weighted by molar-refractivity contribution is 7.80. The van der Waals surface area contributed by atoms with Gasteiger partial charge in [0.1, 0.15) is 11.6 Å². The molecule has 0 unspecified atom stereocenters. The van der Waals surface area contributed by atoms with Gasteiger partial charge in [0, 0.05) is 26.7 Å². The maximum absolute atomic E-state index is 5.76.